The van der Waals surface area contributed by atoms with Crippen LogP contribution in [-0.4, -0.2) is 29.9 Å². The molecule has 2 N–H and O–H groups in total. The van der Waals surface area contributed by atoms with Crippen molar-refractivity contribution in [2.75, 3.05) is 23.7 Å². The van der Waals surface area contributed by atoms with Gasteiger partial charge in [0.15, 0.2) is 0 Å². The molecule has 28 heavy (non-hydrogen) atoms. The lowest BCUT2D eigenvalue weighted by molar-refractivity contribution is -0.121. The Labute approximate surface area is 167 Å². The number of carbonyl (C=O) groups excluding carboxylic acids is 2. The molecule has 0 bridgehead atoms. The second-order valence-electron chi connectivity index (χ2n) is 7.72. The van der Waals surface area contributed by atoms with E-state index >= 15 is 0 Å². The highest BCUT2D eigenvalue weighted by Gasteiger charge is 2.30. The van der Waals surface area contributed by atoms with Crippen molar-refractivity contribution in [3.8, 4) is 0 Å². The number of hydrogen-bond donors (Lipinski definition) is 2. The highest BCUT2D eigenvalue weighted by molar-refractivity contribution is 5.93. The fourth-order valence-corrected chi connectivity index (χ4v) is 3.66. The first-order valence-corrected chi connectivity index (χ1v) is 9.93. The zero-order valence-electron chi connectivity index (χ0n) is 16.9. The Balaban J connectivity index is 1.51. The van der Waals surface area contributed by atoms with E-state index in [4.69, 9.17) is 0 Å². The maximum Gasteiger partial charge on any atom is 0.321 e. The number of anilines is 2. The van der Waals surface area contributed by atoms with Crippen LogP contribution in [-0.2, 0) is 4.79 Å². The van der Waals surface area contributed by atoms with Crippen molar-refractivity contribution >= 4 is 23.3 Å². The molecular formula is C23H29N3O2. The van der Waals surface area contributed by atoms with E-state index in [1.165, 1.54) is 0 Å². The molecule has 1 atom stereocenters. The van der Waals surface area contributed by atoms with Crippen molar-refractivity contribution in [2.45, 2.75) is 33.6 Å². The maximum absolute atomic E-state index is 12.7. The number of rotatable bonds is 4. The molecule has 0 spiro atoms. The van der Waals surface area contributed by atoms with Crippen LogP contribution in [0.25, 0.3) is 0 Å². The molecule has 5 heteroatoms. The molecule has 1 fully saturated rings. The third kappa shape index (κ3) is 4.91. The topological polar surface area (TPSA) is 61.4 Å². The molecule has 5 nitrogen and oxygen atoms in total. The van der Waals surface area contributed by atoms with Gasteiger partial charge in [0.2, 0.25) is 5.91 Å². The average molecular weight is 380 g/mol. The molecule has 2 aromatic rings. The minimum atomic E-state index is -0.0840. The molecule has 0 aromatic heterocycles. The van der Waals surface area contributed by atoms with Gasteiger partial charge >= 0.3 is 6.03 Å². The Morgan fingerprint density at radius 1 is 1.00 bits per heavy atom. The number of likely N-dealkylation sites (tertiary alicyclic amines) is 1. The van der Waals surface area contributed by atoms with Crippen molar-refractivity contribution in [1.29, 1.82) is 0 Å². The highest BCUT2D eigenvalue weighted by Crippen LogP contribution is 2.27. The van der Waals surface area contributed by atoms with Gasteiger partial charge in [-0.15, -0.1) is 0 Å². The summed E-state index contributed by atoms with van der Waals surface area (Å²) >= 11 is 0. The zero-order chi connectivity index (χ0) is 20.1. The first kappa shape index (κ1) is 19.9. The molecule has 1 aliphatic rings. The van der Waals surface area contributed by atoms with Crippen LogP contribution in [0.15, 0.2) is 48.5 Å². The van der Waals surface area contributed by atoms with Gasteiger partial charge in [0.25, 0.3) is 0 Å². The second kappa shape index (κ2) is 8.91. The van der Waals surface area contributed by atoms with Crippen LogP contribution in [0.3, 0.4) is 0 Å². The zero-order valence-corrected chi connectivity index (χ0v) is 16.9. The van der Waals surface area contributed by atoms with E-state index in [2.05, 4.69) is 10.6 Å². The summed E-state index contributed by atoms with van der Waals surface area (Å²) in [6.07, 6.45) is 1.67. The lowest BCUT2D eigenvalue weighted by Crippen LogP contribution is -2.43. The highest BCUT2D eigenvalue weighted by atomic mass is 16.2. The maximum atomic E-state index is 12.7. The third-order valence-corrected chi connectivity index (χ3v) is 5.62. The van der Waals surface area contributed by atoms with Gasteiger partial charge < -0.3 is 15.5 Å². The van der Waals surface area contributed by atoms with E-state index in [1.807, 2.05) is 74.2 Å². The predicted molar refractivity (Wildman–Crippen MR) is 113 cm³/mol. The van der Waals surface area contributed by atoms with Crippen LogP contribution >= 0.6 is 0 Å². The number of amides is 3. The Morgan fingerprint density at radius 2 is 1.68 bits per heavy atom. The minimum absolute atomic E-state index is 0.0564. The van der Waals surface area contributed by atoms with Gasteiger partial charge in [-0.05, 0) is 61.9 Å². The van der Waals surface area contributed by atoms with E-state index in [-0.39, 0.29) is 23.8 Å². The molecule has 148 valence electrons. The standard InChI is InChI=1S/C23H29N3O2/c1-16-9-10-17(2)21(15-16)25-22(27)18(3)19-11-13-26(14-12-19)23(28)24-20-7-5-4-6-8-20/h4-10,15,18-19H,11-14H2,1-3H3,(H,24,28)(H,25,27). The van der Waals surface area contributed by atoms with Crippen LogP contribution in [0.1, 0.15) is 30.9 Å². The summed E-state index contributed by atoms with van der Waals surface area (Å²) < 4.78 is 0. The Kier molecular flexibility index (Phi) is 6.34. The summed E-state index contributed by atoms with van der Waals surface area (Å²) in [4.78, 5) is 27.0. The summed E-state index contributed by atoms with van der Waals surface area (Å²) in [6, 6.07) is 15.5. The minimum Gasteiger partial charge on any atom is -0.326 e. The van der Waals surface area contributed by atoms with Crippen molar-refractivity contribution < 1.29 is 9.59 Å². The number of hydrogen-bond acceptors (Lipinski definition) is 2. The van der Waals surface area contributed by atoms with Gasteiger partial charge in [-0.2, -0.15) is 0 Å². The van der Waals surface area contributed by atoms with Gasteiger partial charge in [-0.25, -0.2) is 4.79 Å². The first-order valence-electron chi connectivity index (χ1n) is 9.93. The van der Waals surface area contributed by atoms with Crippen molar-refractivity contribution in [2.24, 2.45) is 11.8 Å². The van der Waals surface area contributed by atoms with Crippen molar-refractivity contribution in [3.05, 3.63) is 59.7 Å². The van der Waals surface area contributed by atoms with E-state index in [9.17, 15) is 9.59 Å². The number of nitrogens with zero attached hydrogens (tertiary/aromatic N) is 1. The van der Waals surface area contributed by atoms with Crippen molar-refractivity contribution in [3.63, 3.8) is 0 Å². The first-order chi connectivity index (χ1) is 13.4. The fourth-order valence-electron chi connectivity index (χ4n) is 3.66. The Morgan fingerprint density at radius 3 is 2.36 bits per heavy atom. The largest absolute Gasteiger partial charge is 0.326 e. The number of aryl methyl sites for hydroxylation is 2. The lowest BCUT2D eigenvalue weighted by atomic mass is 9.85. The summed E-state index contributed by atoms with van der Waals surface area (Å²) in [6.45, 7) is 7.36. The molecule has 1 aliphatic heterocycles. The molecule has 1 heterocycles. The summed E-state index contributed by atoms with van der Waals surface area (Å²) in [5.74, 6) is 0.256. The number of urea groups is 1. The number of nitrogens with one attached hydrogen (secondary N) is 2. The van der Waals surface area contributed by atoms with Gasteiger partial charge in [-0.3, -0.25) is 4.79 Å². The SMILES string of the molecule is Cc1ccc(C)c(NC(=O)C(C)C2CCN(C(=O)Nc3ccccc3)CC2)c1. The lowest BCUT2D eigenvalue weighted by Gasteiger charge is -2.34. The van der Waals surface area contributed by atoms with Crippen LogP contribution in [0.4, 0.5) is 16.2 Å². The molecule has 0 saturated carbocycles. The normalized spacial score (nSPS) is 15.8. The van der Waals surface area contributed by atoms with Gasteiger partial charge in [0, 0.05) is 30.4 Å². The van der Waals surface area contributed by atoms with Crippen LogP contribution in [0.2, 0.25) is 0 Å². The van der Waals surface area contributed by atoms with E-state index in [0.29, 0.717) is 13.1 Å². The van der Waals surface area contributed by atoms with Gasteiger partial charge in [0.05, 0.1) is 0 Å². The molecule has 3 rings (SSSR count). The number of para-hydroxylation sites is 1. The number of carbonyl (C=O) groups is 2. The molecule has 1 unspecified atom stereocenters. The Hall–Kier alpha value is -2.82. The van der Waals surface area contributed by atoms with E-state index in [1.54, 1.807) is 0 Å². The predicted octanol–water partition coefficient (Wildman–Crippen LogP) is 4.82. The number of piperidine rings is 1. The number of benzene rings is 2. The van der Waals surface area contributed by atoms with Gasteiger partial charge in [-0.1, -0.05) is 37.3 Å². The quantitative estimate of drug-likeness (QED) is 0.800. The smallest absolute Gasteiger partial charge is 0.321 e. The molecular weight excluding hydrogens is 350 g/mol. The van der Waals surface area contributed by atoms with Crippen LogP contribution in [0.5, 0.6) is 0 Å². The second-order valence-corrected chi connectivity index (χ2v) is 7.72. The molecule has 3 amide bonds. The molecule has 0 radical (unpaired) electrons. The Bertz CT molecular complexity index is 827. The van der Waals surface area contributed by atoms with Crippen molar-refractivity contribution in [1.82, 2.24) is 4.90 Å². The molecule has 2 aromatic carbocycles. The molecule has 1 saturated heterocycles. The van der Waals surface area contributed by atoms with Crippen LogP contribution in [0, 0.1) is 25.7 Å². The van der Waals surface area contributed by atoms with E-state index in [0.717, 1.165) is 35.3 Å². The summed E-state index contributed by atoms with van der Waals surface area (Å²) in [7, 11) is 0. The third-order valence-electron chi connectivity index (χ3n) is 5.62. The van der Waals surface area contributed by atoms with E-state index < -0.39 is 0 Å². The van der Waals surface area contributed by atoms with Crippen LogP contribution < -0.4 is 10.6 Å². The summed E-state index contributed by atoms with van der Waals surface area (Å²) in [5, 5.41) is 6.01. The average Bonchev–Trinajstić information content (AvgIpc) is 2.71. The van der Waals surface area contributed by atoms with Gasteiger partial charge in [0.1, 0.15) is 0 Å². The monoisotopic (exact) mass is 379 g/mol. The molecule has 0 aliphatic carbocycles. The summed E-state index contributed by atoms with van der Waals surface area (Å²) in [5.41, 5.74) is 3.89. The fraction of sp³-hybridized carbons (Fsp3) is 0.391.